The van der Waals surface area contributed by atoms with Gasteiger partial charge in [-0.05, 0) is 84.4 Å². The lowest BCUT2D eigenvalue weighted by Gasteiger charge is -2.23. The van der Waals surface area contributed by atoms with E-state index in [2.05, 4.69) is 10.4 Å². The number of carbonyl (C=O) groups is 1. The lowest BCUT2D eigenvalue weighted by molar-refractivity contribution is -0.0375. The number of ether oxygens (including phenoxy) is 2. The number of amides is 1. The molecule has 7 nitrogen and oxygen atoms in total. The molecule has 0 bridgehead atoms. The Bertz CT molecular complexity index is 1560. The van der Waals surface area contributed by atoms with E-state index in [1.165, 1.54) is 18.2 Å². The molecule has 1 aliphatic rings. The van der Waals surface area contributed by atoms with Gasteiger partial charge in [-0.2, -0.15) is 4.39 Å². The number of aromatic nitrogens is 2. The molecule has 3 aromatic carbocycles. The molecule has 0 radical (unpaired) electrons. The van der Waals surface area contributed by atoms with Gasteiger partial charge in [-0.3, -0.25) is 0 Å². The van der Waals surface area contributed by atoms with E-state index in [0.29, 0.717) is 46.6 Å². The van der Waals surface area contributed by atoms with Gasteiger partial charge < -0.3 is 19.9 Å². The van der Waals surface area contributed by atoms with Crippen molar-refractivity contribution in [3.05, 3.63) is 94.9 Å². The SMILES string of the molecule is CCC(=C(c1ccc(OCCNC(=O)O)cc1)c1ccc2c(c1)c(F)nn2C1CCCCO1)c1c(F)cccc1F. The van der Waals surface area contributed by atoms with Crippen LogP contribution in [0.4, 0.5) is 18.0 Å². The van der Waals surface area contributed by atoms with E-state index in [0.717, 1.165) is 19.3 Å². The summed E-state index contributed by atoms with van der Waals surface area (Å²) in [4.78, 5) is 10.6. The average Bonchev–Trinajstić information content (AvgIpc) is 3.31. The number of hydrogen-bond acceptors (Lipinski definition) is 4. The Kier molecular flexibility index (Phi) is 8.58. The molecule has 0 spiro atoms. The molecule has 4 aromatic rings. The molecule has 1 atom stereocenters. The summed E-state index contributed by atoms with van der Waals surface area (Å²) in [5.74, 6) is -1.55. The van der Waals surface area contributed by atoms with Gasteiger partial charge in [0.15, 0.2) is 6.23 Å². The van der Waals surface area contributed by atoms with Crippen LogP contribution in [0.5, 0.6) is 5.75 Å². The standard InChI is InChI=1S/C31H30F3N3O4/c1-2-22(29-24(32)6-5-7-25(29)33)28(19-9-12-21(13-10-19)40-17-15-35-31(38)39)20-11-14-26-23(18-20)30(34)36-37(26)27-8-3-4-16-41-27/h5-7,9-14,18,27,35H,2-4,8,15-17H2,1H3,(H,38,39). The number of halogens is 3. The normalized spacial score (nSPS) is 16.0. The average molecular weight is 566 g/mol. The Hall–Kier alpha value is -4.31. The smallest absolute Gasteiger partial charge is 0.404 e. The molecular weight excluding hydrogens is 535 g/mol. The van der Waals surface area contributed by atoms with Crippen molar-refractivity contribution in [2.75, 3.05) is 19.8 Å². The van der Waals surface area contributed by atoms with Gasteiger partial charge in [0.25, 0.3) is 0 Å². The quantitative estimate of drug-likeness (QED) is 0.166. The van der Waals surface area contributed by atoms with Crippen LogP contribution in [0, 0.1) is 17.6 Å². The number of nitrogens with zero attached hydrogens (tertiary/aromatic N) is 2. The molecule has 10 heteroatoms. The second kappa shape index (κ2) is 12.5. The highest BCUT2D eigenvalue weighted by Gasteiger charge is 2.24. The zero-order valence-electron chi connectivity index (χ0n) is 22.5. The Morgan fingerprint density at radius 2 is 1.80 bits per heavy atom. The maximum absolute atomic E-state index is 15.2. The van der Waals surface area contributed by atoms with Gasteiger partial charge in [-0.15, -0.1) is 5.10 Å². The molecule has 1 aromatic heterocycles. The third-order valence-electron chi connectivity index (χ3n) is 7.09. The third kappa shape index (κ3) is 6.07. The minimum atomic E-state index is -1.14. The topological polar surface area (TPSA) is 85.6 Å². The second-order valence-electron chi connectivity index (χ2n) is 9.70. The van der Waals surface area contributed by atoms with Crippen molar-refractivity contribution >= 4 is 28.1 Å². The van der Waals surface area contributed by atoms with Crippen molar-refractivity contribution in [2.24, 2.45) is 0 Å². The fourth-order valence-electron chi connectivity index (χ4n) is 5.22. The summed E-state index contributed by atoms with van der Waals surface area (Å²) in [5, 5.41) is 15.4. The lowest BCUT2D eigenvalue weighted by Crippen LogP contribution is -2.26. The first-order valence-electron chi connectivity index (χ1n) is 13.5. The number of nitrogens with one attached hydrogen (secondary N) is 1. The third-order valence-corrected chi connectivity index (χ3v) is 7.09. The van der Waals surface area contributed by atoms with Crippen LogP contribution in [0.1, 0.15) is 55.5 Å². The van der Waals surface area contributed by atoms with Crippen molar-refractivity contribution in [3.63, 3.8) is 0 Å². The van der Waals surface area contributed by atoms with Crippen LogP contribution < -0.4 is 10.1 Å². The minimum absolute atomic E-state index is 0.111. The molecule has 0 saturated carbocycles. The van der Waals surface area contributed by atoms with Gasteiger partial charge in [-0.25, -0.2) is 18.3 Å². The minimum Gasteiger partial charge on any atom is -0.492 e. The fraction of sp³-hybridized carbons (Fsp3) is 0.290. The zero-order chi connectivity index (χ0) is 28.9. The maximum Gasteiger partial charge on any atom is 0.404 e. The van der Waals surface area contributed by atoms with Crippen molar-refractivity contribution < 1.29 is 32.5 Å². The first kappa shape index (κ1) is 28.2. The van der Waals surface area contributed by atoms with Crippen LogP contribution in [0.25, 0.3) is 22.0 Å². The van der Waals surface area contributed by atoms with E-state index in [1.54, 1.807) is 47.1 Å². The summed E-state index contributed by atoms with van der Waals surface area (Å²) in [5.41, 5.74) is 2.60. The van der Waals surface area contributed by atoms with Crippen LogP contribution >= 0.6 is 0 Å². The van der Waals surface area contributed by atoms with Gasteiger partial charge in [-0.1, -0.05) is 31.2 Å². The fourth-order valence-corrected chi connectivity index (χ4v) is 5.22. The van der Waals surface area contributed by atoms with Gasteiger partial charge >= 0.3 is 6.09 Å². The first-order chi connectivity index (χ1) is 19.9. The number of benzene rings is 3. The van der Waals surface area contributed by atoms with Gasteiger partial charge in [0.1, 0.15) is 24.0 Å². The lowest BCUT2D eigenvalue weighted by atomic mass is 9.87. The Morgan fingerprint density at radius 3 is 2.46 bits per heavy atom. The molecule has 0 aliphatic carbocycles. The van der Waals surface area contributed by atoms with Crippen molar-refractivity contribution in [3.8, 4) is 5.75 Å². The number of allylic oxidation sites excluding steroid dienone is 1. The van der Waals surface area contributed by atoms with Crippen LogP contribution in [0.2, 0.25) is 0 Å². The summed E-state index contributed by atoms with van der Waals surface area (Å²) in [6.45, 7) is 2.63. The Morgan fingerprint density at radius 1 is 1.07 bits per heavy atom. The number of fused-ring (bicyclic) bond motifs is 1. The van der Waals surface area contributed by atoms with Crippen LogP contribution in [0.3, 0.4) is 0 Å². The molecule has 1 fully saturated rings. The molecule has 1 saturated heterocycles. The molecule has 5 rings (SSSR count). The number of hydrogen-bond donors (Lipinski definition) is 2. The predicted molar refractivity (Wildman–Crippen MR) is 149 cm³/mol. The van der Waals surface area contributed by atoms with Crippen LogP contribution in [0.15, 0.2) is 60.7 Å². The van der Waals surface area contributed by atoms with E-state index in [9.17, 15) is 4.79 Å². The Balaban J connectivity index is 1.60. The van der Waals surface area contributed by atoms with E-state index >= 15 is 13.2 Å². The van der Waals surface area contributed by atoms with E-state index in [-0.39, 0.29) is 30.3 Å². The number of carboxylic acid groups (broad SMARTS) is 1. The molecule has 1 aliphatic heterocycles. The summed E-state index contributed by atoms with van der Waals surface area (Å²) >= 11 is 0. The van der Waals surface area contributed by atoms with E-state index < -0.39 is 23.7 Å². The molecule has 41 heavy (non-hydrogen) atoms. The largest absolute Gasteiger partial charge is 0.492 e. The summed E-state index contributed by atoms with van der Waals surface area (Å²) < 4.78 is 58.4. The molecule has 214 valence electrons. The van der Waals surface area contributed by atoms with Crippen molar-refractivity contribution in [2.45, 2.75) is 38.8 Å². The molecule has 1 amide bonds. The van der Waals surface area contributed by atoms with Crippen LogP contribution in [-0.4, -0.2) is 40.7 Å². The second-order valence-corrected chi connectivity index (χ2v) is 9.70. The highest BCUT2D eigenvalue weighted by atomic mass is 19.1. The summed E-state index contributed by atoms with van der Waals surface area (Å²) in [6.07, 6.45) is 1.44. The van der Waals surface area contributed by atoms with Crippen LogP contribution in [-0.2, 0) is 4.74 Å². The maximum atomic E-state index is 15.2. The van der Waals surface area contributed by atoms with Crippen molar-refractivity contribution in [1.29, 1.82) is 0 Å². The molecule has 2 heterocycles. The predicted octanol–water partition coefficient (Wildman–Crippen LogP) is 7.17. The van der Waals surface area contributed by atoms with E-state index in [4.69, 9.17) is 14.6 Å². The molecule has 1 unspecified atom stereocenters. The summed E-state index contributed by atoms with van der Waals surface area (Å²) in [6, 6.07) is 15.9. The van der Waals surface area contributed by atoms with E-state index in [1.807, 2.05) is 6.92 Å². The first-order valence-corrected chi connectivity index (χ1v) is 13.5. The molecular formula is C31H30F3N3O4. The monoisotopic (exact) mass is 565 g/mol. The highest BCUT2D eigenvalue weighted by molar-refractivity contribution is 6.00. The molecule has 2 N–H and O–H groups in total. The Labute approximate surface area is 235 Å². The highest BCUT2D eigenvalue weighted by Crippen LogP contribution is 2.39. The van der Waals surface area contributed by atoms with Crippen molar-refractivity contribution in [1.82, 2.24) is 15.1 Å². The van der Waals surface area contributed by atoms with Gasteiger partial charge in [0, 0.05) is 12.2 Å². The number of rotatable bonds is 9. The zero-order valence-corrected chi connectivity index (χ0v) is 22.5. The summed E-state index contributed by atoms with van der Waals surface area (Å²) in [7, 11) is 0. The van der Waals surface area contributed by atoms with Gasteiger partial charge in [0.2, 0.25) is 5.95 Å². The van der Waals surface area contributed by atoms with Gasteiger partial charge in [0.05, 0.1) is 17.4 Å².